The zero-order valence-electron chi connectivity index (χ0n) is 10.9. The summed E-state index contributed by atoms with van der Waals surface area (Å²) >= 11 is 0. The average Bonchev–Trinajstić information content (AvgIpc) is 2.40. The number of rotatable bonds is 3. The topological polar surface area (TPSA) is 26.5 Å². The Hall–Kier alpha value is -1.05. The van der Waals surface area contributed by atoms with Crippen molar-refractivity contribution in [3.05, 3.63) is 46.9 Å². The van der Waals surface area contributed by atoms with Crippen LogP contribution in [0.3, 0.4) is 0 Å². The predicted molar refractivity (Wildman–Crippen MR) is 74.0 cm³/mol. The number of allylic oxidation sites excluding steroid dienone is 2. The molecule has 0 unspecified atom stereocenters. The quantitative estimate of drug-likeness (QED) is 0.574. The second-order valence-corrected chi connectivity index (χ2v) is 4.39. The first-order chi connectivity index (χ1) is 8.31. The van der Waals surface area contributed by atoms with E-state index in [0.717, 1.165) is 24.2 Å². The normalized spacial score (nSPS) is 16.2. The average molecular weight is 291 g/mol. The van der Waals surface area contributed by atoms with Gasteiger partial charge < -0.3 is 5.32 Å². The molecule has 0 bridgehead atoms. The second-order valence-electron chi connectivity index (χ2n) is 4.39. The standard InChI is InChI=1S/C15H19N2.Cu/c1-12(17-13-8-4-3-5-9-13)14-10-6-7-11-15(14)16-2;/h3-5,8-9H,6-7,10-11H2,1-2H3;/q-1;+1. The molecule has 0 saturated heterocycles. The van der Waals surface area contributed by atoms with Gasteiger partial charge in [0.15, 0.2) is 0 Å². The molecule has 1 aromatic rings. The van der Waals surface area contributed by atoms with Crippen molar-refractivity contribution in [3.63, 3.8) is 0 Å². The van der Waals surface area contributed by atoms with Crippen LogP contribution in [0.2, 0.25) is 0 Å². The van der Waals surface area contributed by atoms with E-state index < -0.39 is 0 Å². The van der Waals surface area contributed by atoms with Gasteiger partial charge in [0.25, 0.3) is 0 Å². The molecule has 2 rings (SSSR count). The summed E-state index contributed by atoms with van der Waals surface area (Å²) in [5.74, 6) is 0. The Kier molecular flexibility index (Phi) is 6.17. The van der Waals surface area contributed by atoms with Crippen LogP contribution < -0.4 is 0 Å². The van der Waals surface area contributed by atoms with Gasteiger partial charge in [-0.15, -0.1) is 7.05 Å². The van der Waals surface area contributed by atoms with E-state index >= 15 is 0 Å². The number of nitrogens with zero attached hydrogens (tertiary/aromatic N) is 2. The Balaban J connectivity index is 0.00000162. The Morgan fingerprint density at radius 2 is 1.78 bits per heavy atom. The molecule has 0 heterocycles. The van der Waals surface area contributed by atoms with Crippen LogP contribution in [0.25, 0.3) is 5.32 Å². The third kappa shape index (κ3) is 3.72. The van der Waals surface area contributed by atoms with Gasteiger partial charge in [-0.2, -0.15) is 5.70 Å². The molecule has 1 aliphatic rings. The summed E-state index contributed by atoms with van der Waals surface area (Å²) in [6, 6.07) is 10.1. The van der Waals surface area contributed by atoms with Gasteiger partial charge in [-0.25, -0.2) is 0 Å². The van der Waals surface area contributed by atoms with Gasteiger partial charge in [-0.05, 0) is 43.9 Å². The molecule has 100 valence electrons. The van der Waals surface area contributed by atoms with E-state index in [1.807, 2.05) is 37.4 Å². The SMILES string of the molecule is C[N-]C1=C(C(C)=Nc2ccccc2)CCCC1.[Cu+]. The minimum Gasteiger partial charge on any atom is -0.690 e. The van der Waals surface area contributed by atoms with Crippen molar-refractivity contribution in [2.24, 2.45) is 4.99 Å². The molecular weight excluding hydrogens is 272 g/mol. The fourth-order valence-corrected chi connectivity index (χ4v) is 2.29. The third-order valence-electron chi connectivity index (χ3n) is 3.20. The van der Waals surface area contributed by atoms with Crippen LogP contribution in [0, 0.1) is 0 Å². The van der Waals surface area contributed by atoms with Crippen molar-refractivity contribution in [2.45, 2.75) is 32.6 Å². The van der Waals surface area contributed by atoms with Gasteiger partial charge >= 0.3 is 17.1 Å². The third-order valence-corrected chi connectivity index (χ3v) is 3.20. The fourth-order valence-electron chi connectivity index (χ4n) is 2.29. The summed E-state index contributed by atoms with van der Waals surface area (Å²) in [4.78, 5) is 4.68. The number of benzene rings is 1. The molecule has 0 N–H and O–H groups in total. The largest absolute Gasteiger partial charge is 1.00 e. The molecule has 0 aromatic heterocycles. The minimum atomic E-state index is 0. The molecule has 3 heteroatoms. The summed E-state index contributed by atoms with van der Waals surface area (Å²) in [5, 5.41) is 4.39. The molecular formula is C15H19CuN2. The van der Waals surface area contributed by atoms with Crippen LogP contribution in [0.1, 0.15) is 32.6 Å². The summed E-state index contributed by atoms with van der Waals surface area (Å²) in [6.45, 7) is 2.10. The molecule has 0 aliphatic heterocycles. The molecule has 0 radical (unpaired) electrons. The molecule has 0 spiro atoms. The number of para-hydroxylation sites is 1. The molecule has 1 aromatic carbocycles. The Labute approximate surface area is 120 Å². The van der Waals surface area contributed by atoms with Gasteiger partial charge in [-0.1, -0.05) is 24.6 Å². The molecule has 0 amide bonds. The molecule has 2 nitrogen and oxygen atoms in total. The van der Waals surface area contributed by atoms with E-state index in [2.05, 4.69) is 17.2 Å². The zero-order chi connectivity index (χ0) is 12.1. The van der Waals surface area contributed by atoms with Crippen LogP contribution >= 0.6 is 0 Å². The first kappa shape index (κ1) is 15.0. The van der Waals surface area contributed by atoms with Crippen molar-refractivity contribution in [3.8, 4) is 0 Å². The van der Waals surface area contributed by atoms with Crippen LogP contribution in [0.4, 0.5) is 5.69 Å². The fraction of sp³-hybridized carbons (Fsp3) is 0.400. The van der Waals surface area contributed by atoms with E-state index in [-0.39, 0.29) is 17.1 Å². The smallest absolute Gasteiger partial charge is 0.690 e. The van der Waals surface area contributed by atoms with E-state index in [4.69, 9.17) is 0 Å². The van der Waals surface area contributed by atoms with Crippen molar-refractivity contribution in [1.29, 1.82) is 0 Å². The second kappa shape index (κ2) is 7.40. The van der Waals surface area contributed by atoms with Crippen molar-refractivity contribution < 1.29 is 17.1 Å². The van der Waals surface area contributed by atoms with Gasteiger partial charge in [0.2, 0.25) is 0 Å². The Morgan fingerprint density at radius 3 is 2.44 bits per heavy atom. The van der Waals surface area contributed by atoms with Crippen LogP contribution in [0.5, 0.6) is 0 Å². The molecule has 0 fully saturated rings. The monoisotopic (exact) mass is 290 g/mol. The van der Waals surface area contributed by atoms with E-state index in [1.165, 1.54) is 24.1 Å². The van der Waals surface area contributed by atoms with E-state index in [0.29, 0.717) is 0 Å². The summed E-state index contributed by atoms with van der Waals surface area (Å²) in [7, 11) is 1.89. The maximum atomic E-state index is 4.68. The molecule has 0 atom stereocenters. The van der Waals surface area contributed by atoms with Gasteiger partial charge in [-0.3, -0.25) is 4.99 Å². The summed E-state index contributed by atoms with van der Waals surface area (Å²) in [6.07, 6.45) is 4.74. The maximum absolute atomic E-state index is 4.68. The zero-order valence-corrected chi connectivity index (χ0v) is 11.9. The van der Waals surface area contributed by atoms with Gasteiger partial charge in [0, 0.05) is 5.71 Å². The van der Waals surface area contributed by atoms with E-state index in [1.54, 1.807) is 0 Å². The molecule has 18 heavy (non-hydrogen) atoms. The minimum absolute atomic E-state index is 0. The number of aliphatic imine (C=N–C) groups is 1. The van der Waals surface area contributed by atoms with Crippen molar-refractivity contribution >= 4 is 11.4 Å². The molecule has 0 saturated carbocycles. The van der Waals surface area contributed by atoms with Crippen LogP contribution in [-0.2, 0) is 17.1 Å². The van der Waals surface area contributed by atoms with Crippen LogP contribution in [0.15, 0.2) is 46.6 Å². The first-order valence-electron chi connectivity index (χ1n) is 6.24. The molecule has 1 aliphatic carbocycles. The van der Waals surface area contributed by atoms with Crippen molar-refractivity contribution in [1.82, 2.24) is 0 Å². The predicted octanol–water partition coefficient (Wildman–Crippen LogP) is 4.61. The summed E-state index contributed by atoms with van der Waals surface area (Å²) < 4.78 is 0. The van der Waals surface area contributed by atoms with Crippen LogP contribution in [-0.4, -0.2) is 12.8 Å². The first-order valence-corrected chi connectivity index (χ1v) is 6.24. The summed E-state index contributed by atoms with van der Waals surface area (Å²) in [5.41, 5.74) is 4.74. The van der Waals surface area contributed by atoms with Gasteiger partial charge in [0.05, 0.1) is 5.69 Å². The van der Waals surface area contributed by atoms with Gasteiger partial charge in [0.1, 0.15) is 0 Å². The van der Waals surface area contributed by atoms with Crippen molar-refractivity contribution in [2.75, 3.05) is 7.05 Å². The van der Waals surface area contributed by atoms with E-state index in [9.17, 15) is 0 Å². The maximum Gasteiger partial charge on any atom is 1.00 e. The Morgan fingerprint density at radius 1 is 1.11 bits per heavy atom. The number of hydrogen-bond acceptors (Lipinski definition) is 1. The number of hydrogen-bond donors (Lipinski definition) is 0. The Bertz CT molecular complexity index is 435.